The maximum Gasteiger partial charge on any atom is 0.305 e. The lowest BCUT2D eigenvalue weighted by molar-refractivity contribution is -0.684. The van der Waals surface area contributed by atoms with Crippen molar-refractivity contribution in [3.63, 3.8) is 0 Å². The van der Waals surface area contributed by atoms with Crippen molar-refractivity contribution < 1.29 is 26.9 Å². The summed E-state index contributed by atoms with van der Waals surface area (Å²) in [5.74, 6) is 0.0228. The number of phenolic OH excluding ortho intramolecular Hbond substituents is 1. The lowest BCUT2D eigenvalue weighted by atomic mass is 10.1. The van der Waals surface area contributed by atoms with Crippen LogP contribution in [0.4, 0.5) is 0 Å². The number of benzene rings is 1. The number of phenols is 1. The van der Waals surface area contributed by atoms with Crippen molar-refractivity contribution in [3.05, 3.63) is 60.4 Å². The van der Waals surface area contributed by atoms with Gasteiger partial charge in [0.15, 0.2) is 12.4 Å². The number of hydrogen-bond donors (Lipinski definition) is 2. The molecule has 0 saturated heterocycles. The number of pyridine rings is 1. The molecule has 0 atom stereocenters. The molecule has 1 amide bonds. The molecule has 0 spiro atoms. The lowest BCUT2D eigenvalue weighted by Crippen LogP contribution is -3.00. The van der Waals surface area contributed by atoms with Crippen LogP contribution in [-0.2, 0) is 11.3 Å². The van der Waals surface area contributed by atoms with Crippen molar-refractivity contribution >= 4 is 11.6 Å². The molecule has 0 saturated carbocycles. The summed E-state index contributed by atoms with van der Waals surface area (Å²) in [6, 6.07) is 12.4. The largest absolute Gasteiger partial charge is 1.00 e. The minimum absolute atomic E-state index is 0. The number of hydrazone groups is 1. The molecule has 1 heterocycles. The third-order valence-corrected chi connectivity index (χ3v) is 2.95. The molecule has 0 aliphatic rings. The summed E-state index contributed by atoms with van der Waals surface area (Å²) in [7, 11) is 0. The summed E-state index contributed by atoms with van der Waals surface area (Å²) < 4.78 is 1.77. The fraction of sp³-hybridized carbons (Fsp3) is 0.188. The molecule has 0 bridgehead atoms. The van der Waals surface area contributed by atoms with Gasteiger partial charge < -0.3 is 17.5 Å². The molecular formula is C16H18ClN3O2. The molecule has 0 radical (unpaired) electrons. The Morgan fingerprint density at radius 3 is 2.41 bits per heavy atom. The highest BCUT2D eigenvalue weighted by molar-refractivity contribution is 6.00. The minimum Gasteiger partial charge on any atom is -1.00 e. The van der Waals surface area contributed by atoms with E-state index in [9.17, 15) is 9.90 Å². The van der Waals surface area contributed by atoms with E-state index in [-0.39, 0.29) is 30.6 Å². The van der Waals surface area contributed by atoms with Crippen LogP contribution in [0, 0.1) is 0 Å². The first kappa shape index (κ1) is 17.7. The zero-order valence-electron chi connectivity index (χ0n) is 12.2. The normalized spacial score (nSPS) is 10.7. The predicted octanol–water partition coefficient (Wildman–Crippen LogP) is -1.39. The summed E-state index contributed by atoms with van der Waals surface area (Å²) >= 11 is 0. The van der Waals surface area contributed by atoms with E-state index in [0.29, 0.717) is 6.42 Å². The van der Waals surface area contributed by atoms with Crippen LogP contribution in [0.2, 0.25) is 0 Å². The van der Waals surface area contributed by atoms with Crippen molar-refractivity contribution in [3.8, 4) is 5.75 Å². The fourth-order valence-corrected chi connectivity index (χ4v) is 1.87. The molecule has 116 valence electrons. The summed E-state index contributed by atoms with van der Waals surface area (Å²) in [5.41, 5.74) is 4.20. The van der Waals surface area contributed by atoms with Crippen LogP contribution in [0.25, 0.3) is 0 Å². The second kappa shape index (κ2) is 8.79. The number of rotatable bonds is 5. The zero-order valence-corrected chi connectivity index (χ0v) is 13.0. The van der Waals surface area contributed by atoms with Crippen molar-refractivity contribution in [1.82, 2.24) is 5.43 Å². The van der Waals surface area contributed by atoms with E-state index in [1.807, 2.05) is 37.5 Å². The van der Waals surface area contributed by atoms with Gasteiger partial charge in [0.2, 0.25) is 6.54 Å². The summed E-state index contributed by atoms with van der Waals surface area (Å²) in [6.45, 7) is 2.18. The number of amides is 1. The third-order valence-electron chi connectivity index (χ3n) is 2.95. The van der Waals surface area contributed by atoms with Gasteiger partial charge in [0, 0.05) is 12.1 Å². The zero-order chi connectivity index (χ0) is 15.1. The standard InChI is InChI=1S/C16H17N3O2.ClH/c1-2-15(13-6-8-14(20)9-7-13)17-18-16(21)12-19-10-4-3-5-11-19;/h3-11H,2,12H2,1H3,(H-,17,18,20,21);1H. The summed E-state index contributed by atoms with van der Waals surface area (Å²) in [6.07, 6.45) is 4.33. The van der Waals surface area contributed by atoms with Gasteiger partial charge in [-0.1, -0.05) is 13.0 Å². The van der Waals surface area contributed by atoms with E-state index in [2.05, 4.69) is 10.5 Å². The molecule has 0 aliphatic heterocycles. The van der Waals surface area contributed by atoms with Gasteiger partial charge in [-0.05, 0) is 36.2 Å². The number of aromatic hydroxyl groups is 1. The van der Waals surface area contributed by atoms with Crippen LogP contribution in [0.5, 0.6) is 5.75 Å². The SMILES string of the molecule is CC/C(=N/NC(=O)C[n+]1ccccc1)c1ccc(O)cc1.[Cl-]. The molecule has 1 aromatic heterocycles. The van der Waals surface area contributed by atoms with E-state index in [1.165, 1.54) is 0 Å². The maximum absolute atomic E-state index is 11.8. The quantitative estimate of drug-likeness (QED) is 0.405. The first-order valence-electron chi connectivity index (χ1n) is 6.78. The molecule has 2 rings (SSSR count). The molecule has 5 nitrogen and oxygen atoms in total. The number of nitrogens with one attached hydrogen (secondary N) is 1. The van der Waals surface area contributed by atoms with Gasteiger partial charge in [0.25, 0.3) is 0 Å². The van der Waals surface area contributed by atoms with E-state index < -0.39 is 0 Å². The number of halogens is 1. The first-order chi connectivity index (χ1) is 10.2. The average molecular weight is 320 g/mol. The van der Waals surface area contributed by atoms with Gasteiger partial charge in [-0.15, -0.1) is 0 Å². The number of carbonyl (C=O) groups is 1. The summed E-state index contributed by atoms with van der Waals surface area (Å²) in [5, 5.41) is 13.4. The van der Waals surface area contributed by atoms with E-state index in [4.69, 9.17) is 0 Å². The van der Waals surface area contributed by atoms with Crippen molar-refractivity contribution in [2.75, 3.05) is 0 Å². The van der Waals surface area contributed by atoms with Gasteiger partial charge in [0.05, 0.1) is 5.71 Å². The van der Waals surface area contributed by atoms with Crippen LogP contribution in [0.1, 0.15) is 18.9 Å². The van der Waals surface area contributed by atoms with E-state index in [1.54, 1.807) is 28.8 Å². The van der Waals surface area contributed by atoms with Crippen molar-refractivity contribution in [2.24, 2.45) is 5.10 Å². The predicted molar refractivity (Wildman–Crippen MR) is 79.7 cm³/mol. The van der Waals surface area contributed by atoms with Gasteiger partial charge in [0.1, 0.15) is 5.75 Å². The van der Waals surface area contributed by atoms with Gasteiger partial charge in [-0.3, -0.25) is 4.79 Å². The highest BCUT2D eigenvalue weighted by Crippen LogP contribution is 2.11. The lowest BCUT2D eigenvalue weighted by Gasteiger charge is -2.04. The molecular weight excluding hydrogens is 302 g/mol. The van der Waals surface area contributed by atoms with Gasteiger partial charge in [-0.2, -0.15) is 9.67 Å². The van der Waals surface area contributed by atoms with Crippen LogP contribution < -0.4 is 22.4 Å². The Balaban J connectivity index is 0.00000242. The average Bonchev–Trinajstić information content (AvgIpc) is 2.50. The number of nitrogens with zero attached hydrogens (tertiary/aromatic N) is 2. The number of carbonyl (C=O) groups excluding carboxylic acids is 1. The van der Waals surface area contributed by atoms with Crippen LogP contribution in [-0.4, -0.2) is 16.7 Å². The topological polar surface area (TPSA) is 65.6 Å². The van der Waals surface area contributed by atoms with Crippen LogP contribution in [0.3, 0.4) is 0 Å². The highest BCUT2D eigenvalue weighted by Gasteiger charge is 2.08. The molecule has 22 heavy (non-hydrogen) atoms. The molecule has 2 N–H and O–H groups in total. The fourth-order valence-electron chi connectivity index (χ4n) is 1.87. The monoisotopic (exact) mass is 319 g/mol. The summed E-state index contributed by atoms with van der Waals surface area (Å²) in [4.78, 5) is 11.8. The van der Waals surface area contributed by atoms with Crippen molar-refractivity contribution in [2.45, 2.75) is 19.9 Å². The van der Waals surface area contributed by atoms with Crippen LogP contribution in [0.15, 0.2) is 60.0 Å². The smallest absolute Gasteiger partial charge is 0.305 e. The Morgan fingerprint density at radius 2 is 1.82 bits per heavy atom. The van der Waals surface area contributed by atoms with Gasteiger partial charge in [-0.25, -0.2) is 5.43 Å². The Bertz CT molecular complexity index is 628. The second-order valence-corrected chi connectivity index (χ2v) is 4.54. The number of aromatic nitrogens is 1. The number of hydrogen-bond acceptors (Lipinski definition) is 3. The van der Waals surface area contributed by atoms with Crippen LogP contribution >= 0.6 is 0 Å². The highest BCUT2D eigenvalue weighted by atomic mass is 35.5. The molecule has 6 heteroatoms. The molecule has 2 aromatic rings. The Kier molecular flexibility index (Phi) is 7.05. The second-order valence-electron chi connectivity index (χ2n) is 4.54. The molecule has 0 fully saturated rings. The Labute approximate surface area is 135 Å². The van der Waals surface area contributed by atoms with Gasteiger partial charge >= 0.3 is 5.91 Å². The van der Waals surface area contributed by atoms with Crippen molar-refractivity contribution in [1.29, 1.82) is 0 Å². The molecule has 1 aromatic carbocycles. The molecule has 0 aliphatic carbocycles. The Hall–Kier alpha value is -2.40. The van der Waals surface area contributed by atoms with E-state index >= 15 is 0 Å². The first-order valence-corrected chi connectivity index (χ1v) is 6.78. The Morgan fingerprint density at radius 1 is 1.18 bits per heavy atom. The molecule has 0 unspecified atom stereocenters. The third kappa shape index (κ3) is 5.18. The minimum atomic E-state index is -0.184. The maximum atomic E-state index is 11.8. The van der Waals surface area contributed by atoms with E-state index in [0.717, 1.165) is 11.3 Å².